The van der Waals surface area contributed by atoms with Crippen LogP contribution in [0.5, 0.6) is 11.6 Å². The molecule has 1 N–H and O–H groups in total. The van der Waals surface area contributed by atoms with E-state index in [9.17, 15) is 29.3 Å². The summed E-state index contributed by atoms with van der Waals surface area (Å²) < 4.78 is 11.2. The SMILES string of the molecule is O=C1CCC(N2C(=O)c3ccc(OCCCCCOc4ccc([N+](=O)[O-])cn4)cc3C2=O)C(=O)N1. The van der Waals surface area contributed by atoms with Gasteiger partial charge in [0.1, 0.15) is 18.0 Å². The molecule has 0 saturated carbocycles. The van der Waals surface area contributed by atoms with Crippen LogP contribution in [0.15, 0.2) is 36.5 Å². The van der Waals surface area contributed by atoms with Crippen molar-refractivity contribution < 1.29 is 33.6 Å². The van der Waals surface area contributed by atoms with E-state index in [1.165, 1.54) is 24.3 Å². The number of rotatable bonds is 10. The molecule has 0 spiro atoms. The van der Waals surface area contributed by atoms with Gasteiger partial charge in [-0.05, 0) is 43.9 Å². The maximum Gasteiger partial charge on any atom is 0.287 e. The second kappa shape index (κ2) is 10.3. The number of piperidine rings is 1. The molecule has 0 bridgehead atoms. The molecule has 2 aliphatic heterocycles. The van der Waals surface area contributed by atoms with Crippen LogP contribution < -0.4 is 14.8 Å². The number of hydrogen-bond donors (Lipinski definition) is 1. The number of nitro groups is 1. The second-order valence-electron chi connectivity index (χ2n) is 8.02. The Morgan fingerprint density at radius 3 is 2.43 bits per heavy atom. The van der Waals surface area contributed by atoms with Crippen molar-refractivity contribution in [2.75, 3.05) is 13.2 Å². The lowest BCUT2D eigenvalue weighted by atomic mass is 10.0. The van der Waals surface area contributed by atoms with Crippen LogP contribution in [0.1, 0.15) is 52.8 Å². The zero-order valence-corrected chi connectivity index (χ0v) is 18.6. The normalized spacial score (nSPS) is 17.3. The molecule has 4 amide bonds. The Morgan fingerprint density at radius 2 is 1.74 bits per heavy atom. The van der Waals surface area contributed by atoms with Crippen LogP contribution in [-0.2, 0) is 9.59 Å². The van der Waals surface area contributed by atoms with Crippen molar-refractivity contribution in [2.24, 2.45) is 0 Å². The maximum atomic E-state index is 12.8. The first kappa shape index (κ1) is 23.8. The Balaban J connectivity index is 1.22. The largest absolute Gasteiger partial charge is 0.494 e. The summed E-state index contributed by atoms with van der Waals surface area (Å²) in [6.07, 6.45) is 3.53. The zero-order valence-electron chi connectivity index (χ0n) is 18.6. The smallest absolute Gasteiger partial charge is 0.287 e. The molecule has 1 aromatic carbocycles. The molecule has 1 atom stereocenters. The fraction of sp³-hybridized carbons (Fsp3) is 0.348. The number of nitrogens with one attached hydrogen (secondary N) is 1. The van der Waals surface area contributed by atoms with Gasteiger partial charge < -0.3 is 9.47 Å². The van der Waals surface area contributed by atoms with E-state index < -0.39 is 34.6 Å². The molecule has 12 heteroatoms. The van der Waals surface area contributed by atoms with Crippen molar-refractivity contribution in [3.05, 3.63) is 57.8 Å². The molecule has 0 radical (unpaired) electrons. The van der Waals surface area contributed by atoms with Crippen LogP contribution in [-0.4, -0.2) is 57.7 Å². The van der Waals surface area contributed by atoms with E-state index in [2.05, 4.69) is 10.3 Å². The summed E-state index contributed by atoms with van der Waals surface area (Å²) in [5.41, 5.74) is 0.265. The van der Waals surface area contributed by atoms with Gasteiger partial charge in [-0.1, -0.05) is 0 Å². The first-order chi connectivity index (χ1) is 16.8. The Hall–Kier alpha value is -4.35. The van der Waals surface area contributed by atoms with Gasteiger partial charge in [0.25, 0.3) is 17.5 Å². The van der Waals surface area contributed by atoms with Gasteiger partial charge in [0, 0.05) is 18.6 Å². The van der Waals surface area contributed by atoms with Gasteiger partial charge in [-0.25, -0.2) is 4.98 Å². The molecule has 182 valence electrons. The number of aromatic nitrogens is 1. The number of ether oxygens (including phenoxy) is 2. The number of fused-ring (bicyclic) bond motifs is 1. The van der Waals surface area contributed by atoms with Crippen molar-refractivity contribution >= 4 is 29.3 Å². The lowest BCUT2D eigenvalue weighted by Gasteiger charge is -2.27. The summed E-state index contributed by atoms with van der Waals surface area (Å²) in [5.74, 6) is -1.47. The predicted octanol–water partition coefficient (Wildman–Crippen LogP) is 2.02. The number of nitrogens with zero attached hydrogens (tertiary/aromatic N) is 3. The van der Waals surface area contributed by atoms with Crippen LogP contribution in [0.2, 0.25) is 0 Å². The molecule has 4 rings (SSSR count). The number of pyridine rings is 1. The topological polar surface area (TPSA) is 158 Å². The molecule has 12 nitrogen and oxygen atoms in total. The third-order valence-electron chi connectivity index (χ3n) is 5.65. The van der Waals surface area contributed by atoms with Crippen LogP contribution in [0.4, 0.5) is 5.69 Å². The summed E-state index contributed by atoms with van der Waals surface area (Å²) in [6, 6.07) is 6.36. The van der Waals surface area contributed by atoms with Gasteiger partial charge >= 0.3 is 0 Å². The highest BCUT2D eigenvalue weighted by Gasteiger charge is 2.44. The molecule has 1 saturated heterocycles. The fourth-order valence-corrected chi connectivity index (χ4v) is 3.85. The Bertz CT molecular complexity index is 1180. The van der Waals surface area contributed by atoms with E-state index in [0.29, 0.717) is 31.3 Å². The number of hydrogen-bond acceptors (Lipinski definition) is 9. The first-order valence-corrected chi connectivity index (χ1v) is 11.1. The minimum atomic E-state index is -1.01. The van der Waals surface area contributed by atoms with Crippen molar-refractivity contribution in [2.45, 2.75) is 38.1 Å². The lowest BCUT2D eigenvalue weighted by molar-refractivity contribution is -0.385. The number of amides is 4. The number of unbranched alkanes of at least 4 members (excludes halogenated alkanes) is 2. The minimum Gasteiger partial charge on any atom is -0.494 e. The van der Waals surface area contributed by atoms with Gasteiger partial charge in [0.2, 0.25) is 17.7 Å². The molecule has 1 fully saturated rings. The average molecular weight is 482 g/mol. The van der Waals surface area contributed by atoms with Gasteiger partial charge in [-0.2, -0.15) is 0 Å². The van der Waals surface area contributed by atoms with Gasteiger partial charge in [-0.15, -0.1) is 0 Å². The molecular formula is C23H22N4O8. The molecule has 0 aliphatic carbocycles. The van der Waals surface area contributed by atoms with Gasteiger partial charge in [0.05, 0.1) is 29.3 Å². The third kappa shape index (κ3) is 5.26. The Kier molecular flexibility index (Phi) is 6.99. The minimum absolute atomic E-state index is 0.0631. The van der Waals surface area contributed by atoms with E-state index in [-0.39, 0.29) is 29.7 Å². The number of benzene rings is 1. The summed E-state index contributed by atoms with van der Waals surface area (Å²) in [5, 5.41) is 12.8. The van der Waals surface area contributed by atoms with Crippen LogP contribution in [0.25, 0.3) is 0 Å². The van der Waals surface area contributed by atoms with E-state index >= 15 is 0 Å². The highest BCUT2D eigenvalue weighted by Crippen LogP contribution is 2.30. The van der Waals surface area contributed by atoms with E-state index in [1.807, 2.05) is 0 Å². The highest BCUT2D eigenvalue weighted by molar-refractivity contribution is 6.23. The second-order valence-corrected chi connectivity index (χ2v) is 8.02. The number of carbonyl (C=O) groups excluding carboxylic acids is 4. The zero-order chi connectivity index (χ0) is 24.9. The molecule has 35 heavy (non-hydrogen) atoms. The molecule has 1 aromatic heterocycles. The summed E-state index contributed by atoms with van der Waals surface area (Å²) in [7, 11) is 0. The van der Waals surface area contributed by atoms with Crippen LogP contribution >= 0.6 is 0 Å². The van der Waals surface area contributed by atoms with E-state index in [4.69, 9.17) is 9.47 Å². The number of carbonyl (C=O) groups is 4. The molecular weight excluding hydrogens is 460 g/mol. The van der Waals surface area contributed by atoms with Crippen LogP contribution in [0, 0.1) is 10.1 Å². The predicted molar refractivity (Wildman–Crippen MR) is 119 cm³/mol. The molecule has 3 heterocycles. The van der Waals surface area contributed by atoms with Crippen molar-refractivity contribution in [3.8, 4) is 11.6 Å². The maximum absolute atomic E-state index is 12.8. The highest BCUT2D eigenvalue weighted by atomic mass is 16.6. The summed E-state index contributed by atoms with van der Waals surface area (Å²) >= 11 is 0. The third-order valence-corrected chi connectivity index (χ3v) is 5.65. The monoisotopic (exact) mass is 482 g/mol. The summed E-state index contributed by atoms with van der Waals surface area (Å²) in [6.45, 7) is 0.782. The van der Waals surface area contributed by atoms with Crippen LogP contribution in [0.3, 0.4) is 0 Å². The van der Waals surface area contributed by atoms with Gasteiger partial charge in [0.15, 0.2) is 0 Å². The first-order valence-electron chi connectivity index (χ1n) is 11.1. The lowest BCUT2D eigenvalue weighted by Crippen LogP contribution is -2.54. The van der Waals surface area contributed by atoms with E-state index in [1.54, 1.807) is 6.07 Å². The standard InChI is InChI=1S/C23H22N4O8/c28-19-8-7-18(21(29)25-19)26-22(30)16-6-5-15(12-17(16)23(26)31)34-10-2-1-3-11-35-20-9-4-14(13-24-20)27(32)33/h4-6,9,12-13,18H,1-3,7-8,10-11H2,(H,25,28,29). The Morgan fingerprint density at radius 1 is 1.00 bits per heavy atom. The fourth-order valence-electron chi connectivity index (χ4n) is 3.85. The molecule has 1 unspecified atom stereocenters. The van der Waals surface area contributed by atoms with Gasteiger partial charge in [-0.3, -0.25) is 39.5 Å². The molecule has 2 aromatic rings. The average Bonchev–Trinajstić information content (AvgIpc) is 3.08. The van der Waals surface area contributed by atoms with Crippen molar-refractivity contribution in [3.63, 3.8) is 0 Å². The summed E-state index contributed by atoms with van der Waals surface area (Å²) in [4.78, 5) is 63.9. The van der Waals surface area contributed by atoms with E-state index in [0.717, 1.165) is 23.9 Å². The Labute approximate surface area is 199 Å². The van der Waals surface area contributed by atoms with Crippen molar-refractivity contribution in [1.29, 1.82) is 0 Å². The molecule has 2 aliphatic rings. The number of imide groups is 2. The van der Waals surface area contributed by atoms with Crippen molar-refractivity contribution in [1.82, 2.24) is 15.2 Å². The quantitative estimate of drug-likeness (QED) is 0.231.